The molecule has 0 amide bonds. The van der Waals surface area contributed by atoms with E-state index in [1.165, 1.54) is 0 Å². The van der Waals surface area contributed by atoms with Gasteiger partial charge in [0.05, 0.1) is 14.5 Å². The number of hydrogen-bond donors (Lipinski definition) is 0. The average molecular weight is 360 g/mol. The molecule has 0 aliphatic heterocycles. The number of hydrogen-bond acceptors (Lipinski definition) is 2. The quantitative estimate of drug-likeness (QED) is 0.706. The number of rotatable bonds is 4. The van der Waals surface area contributed by atoms with E-state index in [1.54, 1.807) is 24.3 Å². The number of carbonyl (C=O) groups is 1. The lowest BCUT2D eigenvalue weighted by atomic mass is 10.2. The van der Waals surface area contributed by atoms with E-state index < -0.39 is 0 Å². The third-order valence-corrected chi connectivity index (χ3v) is 3.98. The van der Waals surface area contributed by atoms with Gasteiger partial charge in [0.2, 0.25) is 0 Å². The Kier molecular flexibility index (Phi) is 4.86. The first kappa shape index (κ1) is 14.4. The molecule has 2 nitrogen and oxygen atoms in total. The maximum atomic E-state index is 10.6. The molecule has 0 aromatic heterocycles. The van der Waals surface area contributed by atoms with Crippen molar-refractivity contribution in [2.45, 2.75) is 6.61 Å². The monoisotopic (exact) mass is 358 g/mol. The average Bonchev–Trinajstić information content (AvgIpc) is 2.41. The molecule has 0 aliphatic carbocycles. The Bertz CT molecular complexity index is 614. The van der Waals surface area contributed by atoms with Gasteiger partial charge in [0.15, 0.2) is 0 Å². The van der Waals surface area contributed by atoms with Gasteiger partial charge in [0, 0.05) is 11.1 Å². The van der Waals surface area contributed by atoms with Crippen LogP contribution in [-0.4, -0.2) is 6.29 Å². The lowest BCUT2D eigenvalue weighted by Gasteiger charge is -2.10. The maximum absolute atomic E-state index is 10.6. The molecule has 2 aromatic carbocycles. The molecule has 0 spiro atoms. The van der Waals surface area contributed by atoms with Crippen LogP contribution in [0.15, 0.2) is 40.9 Å². The molecule has 0 heterocycles. The minimum atomic E-state index is 0.304. The maximum Gasteiger partial charge on any atom is 0.150 e. The fourth-order valence-electron chi connectivity index (χ4n) is 1.52. The minimum Gasteiger partial charge on any atom is -0.488 e. The molecule has 19 heavy (non-hydrogen) atoms. The molecule has 0 N–H and O–H groups in total. The van der Waals surface area contributed by atoms with Crippen LogP contribution in [0, 0.1) is 0 Å². The van der Waals surface area contributed by atoms with Crippen LogP contribution in [0.1, 0.15) is 15.9 Å². The Morgan fingerprint density at radius 1 is 1.21 bits per heavy atom. The van der Waals surface area contributed by atoms with E-state index in [0.717, 1.165) is 16.3 Å². The molecule has 0 radical (unpaired) electrons. The van der Waals surface area contributed by atoms with Crippen LogP contribution in [0.25, 0.3) is 0 Å². The minimum absolute atomic E-state index is 0.304. The van der Waals surface area contributed by atoms with Gasteiger partial charge in [-0.2, -0.15) is 0 Å². The van der Waals surface area contributed by atoms with Crippen LogP contribution in [0.4, 0.5) is 0 Å². The van der Waals surface area contributed by atoms with Crippen LogP contribution in [-0.2, 0) is 6.61 Å². The van der Waals surface area contributed by atoms with E-state index in [1.807, 2.05) is 12.1 Å². The van der Waals surface area contributed by atoms with Crippen LogP contribution in [0.3, 0.4) is 0 Å². The highest BCUT2D eigenvalue weighted by molar-refractivity contribution is 9.10. The summed E-state index contributed by atoms with van der Waals surface area (Å²) in [5.74, 6) is 0.640. The number of ether oxygens (including phenoxy) is 1. The fraction of sp³-hybridized carbons (Fsp3) is 0.0714. The zero-order chi connectivity index (χ0) is 13.8. The van der Waals surface area contributed by atoms with Crippen molar-refractivity contribution < 1.29 is 9.53 Å². The highest BCUT2D eigenvalue weighted by atomic mass is 79.9. The Morgan fingerprint density at radius 2 is 2.00 bits per heavy atom. The summed E-state index contributed by atoms with van der Waals surface area (Å²) in [6.45, 7) is 0.304. The smallest absolute Gasteiger partial charge is 0.150 e. The lowest BCUT2D eigenvalue weighted by Crippen LogP contribution is -1.97. The molecule has 0 saturated heterocycles. The van der Waals surface area contributed by atoms with E-state index in [2.05, 4.69) is 15.9 Å². The molecule has 0 fully saturated rings. The van der Waals surface area contributed by atoms with E-state index in [0.29, 0.717) is 28.0 Å². The highest BCUT2D eigenvalue weighted by Crippen LogP contribution is 2.29. The first-order valence-corrected chi connectivity index (χ1v) is 6.97. The van der Waals surface area contributed by atoms with Crippen LogP contribution in [0.5, 0.6) is 5.75 Å². The van der Waals surface area contributed by atoms with Gasteiger partial charge >= 0.3 is 0 Å². The molecule has 2 rings (SSSR count). The van der Waals surface area contributed by atoms with Gasteiger partial charge in [-0.05, 0) is 40.2 Å². The molecule has 0 bridgehead atoms. The van der Waals surface area contributed by atoms with Crippen LogP contribution in [0.2, 0.25) is 10.0 Å². The van der Waals surface area contributed by atoms with Gasteiger partial charge in [-0.1, -0.05) is 35.3 Å². The topological polar surface area (TPSA) is 26.3 Å². The normalized spacial score (nSPS) is 10.3. The Hall–Kier alpha value is -1.03. The molecule has 0 saturated carbocycles. The fourth-order valence-corrected chi connectivity index (χ4v) is 2.41. The molecule has 0 atom stereocenters. The molecular formula is C14H9BrCl2O2. The summed E-state index contributed by atoms with van der Waals surface area (Å²) >= 11 is 15.4. The molecule has 0 unspecified atom stereocenters. The largest absolute Gasteiger partial charge is 0.488 e. The van der Waals surface area contributed by atoms with Crippen molar-refractivity contribution in [1.82, 2.24) is 0 Å². The van der Waals surface area contributed by atoms with Gasteiger partial charge in [0.1, 0.15) is 18.6 Å². The molecule has 5 heteroatoms. The number of carbonyl (C=O) groups excluding carboxylic acids is 1. The first-order chi connectivity index (χ1) is 9.11. The first-order valence-electron chi connectivity index (χ1n) is 5.42. The van der Waals surface area contributed by atoms with Crippen molar-refractivity contribution >= 4 is 45.4 Å². The molecule has 2 aromatic rings. The Balaban J connectivity index is 2.14. The van der Waals surface area contributed by atoms with Crippen LogP contribution >= 0.6 is 39.1 Å². The van der Waals surface area contributed by atoms with E-state index in [4.69, 9.17) is 27.9 Å². The summed E-state index contributed by atoms with van der Waals surface area (Å²) in [5, 5.41) is 0.989. The van der Waals surface area contributed by atoms with Gasteiger partial charge in [-0.25, -0.2) is 0 Å². The predicted octanol–water partition coefficient (Wildman–Crippen LogP) is 5.15. The standard InChI is InChI=1S/C14H9BrCl2O2/c15-11-6-9(7-18)4-5-13(11)19-8-10-2-1-3-12(16)14(10)17/h1-7H,8H2. The predicted molar refractivity (Wildman–Crippen MR) is 80.3 cm³/mol. The highest BCUT2D eigenvalue weighted by Gasteiger charge is 2.07. The summed E-state index contributed by atoms with van der Waals surface area (Å²) in [7, 11) is 0. The second-order valence-electron chi connectivity index (χ2n) is 3.81. The van der Waals surface area contributed by atoms with E-state index >= 15 is 0 Å². The van der Waals surface area contributed by atoms with Crippen molar-refractivity contribution in [1.29, 1.82) is 0 Å². The lowest BCUT2D eigenvalue weighted by molar-refractivity contribution is 0.112. The number of halogens is 3. The Labute approximate surface area is 129 Å². The SMILES string of the molecule is O=Cc1ccc(OCc2cccc(Cl)c2Cl)c(Br)c1. The van der Waals surface area contributed by atoms with Gasteiger partial charge in [0.25, 0.3) is 0 Å². The summed E-state index contributed by atoms with van der Waals surface area (Å²) in [6, 6.07) is 10.5. The molecular weight excluding hydrogens is 351 g/mol. The third kappa shape index (κ3) is 3.50. The second kappa shape index (κ2) is 6.42. The number of aldehydes is 1. The van der Waals surface area contributed by atoms with Gasteiger partial charge < -0.3 is 4.74 Å². The van der Waals surface area contributed by atoms with Crippen LogP contribution < -0.4 is 4.74 Å². The van der Waals surface area contributed by atoms with Crippen molar-refractivity contribution in [2.24, 2.45) is 0 Å². The van der Waals surface area contributed by atoms with E-state index in [9.17, 15) is 4.79 Å². The summed E-state index contributed by atoms with van der Waals surface area (Å²) in [5.41, 5.74) is 1.39. The van der Waals surface area contributed by atoms with Crippen molar-refractivity contribution in [3.8, 4) is 5.75 Å². The third-order valence-electron chi connectivity index (χ3n) is 2.51. The van der Waals surface area contributed by atoms with Crippen molar-refractivity contribution in [3.63, 3.8) is 0 Å². The molecule has 0 aliphatic rings. The summed E-state index contributed by atoms with van der Waals surface area (Å²) < 4.78 is 6.37. The van der Waals surface area contributed by atoms with Gasteiger partial charge in [-0.3, -0.25) is 4.79 Å². The van der Waals surface area contributed by atoms with E-state index in [-0.39, 0.29) is 0 Å². The summed E-state index contributed by atoms with van der Waals surface area (Å²) in [6.07, 6.45) is 0.780. The van der Waals surface area contributed by atoms with Crippen molar-refractivity contribution in [2.75, 3.05) is 0 Å². The number of benzene rings is 2. The van der Waals surface area contributed by atoms with Crippen molar-refractivity contribution in [3.05, 3.63) is 62.0 Å². The zero-order valence-corrected chi connectivity index (χ0v) is 12.8. The Morgan fingerprint density at radius 3 is 2.68 bits per heavy atom. The zero-order valence-electron chi connectivity index (χ0n) is 9.70. The van der Waals surface area contributed by atoms with Gasteiger partial charge in [-0.15, -0.1) is 0 Å². The second-order valence-corrected chi connectivity index (χ2v) is 5.45. The summed E-state index contributed by atoms with van der Waals surface area (Å²) in [4.78, 5) is 10.6. The molecule has 98 valence electrons.